The van der Waals surface area contributed by atoms with Crippen molar-refractivity contribution in [1.82, 2.24) is 0 Å². The first-order valence-electron chi connectivity index (χ1n) is 9.01. The molecule has 1 amide bonds. The Morgan fingerprint density at radius 2 is 1.56 bits per heavy atom. The number of carbonyl (C=O) groups excluding carboxylic acids is 1. The predicted octanol–water partition coefficient (Wildman–Crippen LogP) is 4.40. The summed E-state index contributed by atoms with van der Waals surface area (Å²) in [7, 11) is -2.16. The first-order valence-corrected chi connectivity index (χ1v) is 10.5. The molecule has 0 aromatic heterocycles. The van der Waals surface area contributed by atoms with Crippen molar-refractivity contribution >= 4 is 27.3 Å². The molecule has 0 fully saturated rings. The van der Waals surface area contributed by atoms with Crippen LogP contribution in [0.1, 0.15) is 39.0 Å². The summed E-state index contributed by atoms with van der Waals surface area (Å²) in [6.45, 7) is 2.12. The monoisotopic (exact) mass is 390 g/mol. The number of ether oxygens (including phenoxy) is 1. The van der Waals surface area contributed by atoms with Crippen molar-refractivity contribution in [1.29, 1.82) is 0 Å². The molecule has 2 rings (SSSR count). The van der Waals surface area contributed by atoms with E-state index >= 15 is 0 Å². The Morgan fingerprint density at radius 1 is 0.926 bits per heavy atom. The molecule has 0 aliphatic carbocycles. The minimum Gasteiger partial charge on any atom is -0.497 e. The molecule has 0 radical (unpaired) electrons. The van der Waals surface area contributed by atoms with Gasteiger partial charge in [-0.25, -0.2) is 8.42 Å². The number of unbranched alkanes of at least 4 members (excludes halogenated alkanes) is 3. The van der Waals surface area contributed by atoms with Crippen LogP contribution in [-0.2, 0) is 14.8 Å². The van der Waals surface area contributed by atoms with Crippen LogP contribution in [0.3, 0.4) is 0 Å². The van der Waals surface area contributed by atoms with Gasteiger partial charge >= 0.3 is 0 Å². The van der Waals surface area contributed by atoms with Gasteiger partial charge in [-0.2, -0.15) is 0 Å². The molecule has 2 aromatic rings. The Balaban J connectivity index is 1.95. The van der Waals surface area contributed by atoms with E-state index in [1.165, 1.54) is 12.1 Å². The normalized spacial score (nSPS) is 11.0. The minimum absolute atomic E-state index is 0.0573. The van der Waals surface area contributed by atoms with Gasteiger partial charge in [-0.05, 0) is 55.0 Å². The highest BCUT2D eigenvalue weighted by Gasteiger charge is 2.14. The highest BCUT2D eigenvalue weighted by atomic mass is 32.2. The van der Waals surface area contributed by atoms with E-state index in [0.29, 0.717) is 23.5 Å². The molecule has 0 aliphatic rings. The lowest BCUT2D eigenvalue weighted by atomic mass is 10.1. The second-order valence-corrected chi connectivity index (χ2v) is 7.90. The number of rotatable bonds is 10. The van der Waals surface area contributed by atoms with Gasteiger partial charge in [0.05, 0.1) is 12.0 Å². The average molecular weight is 391 g/mol. The number of methoxy groups -OCH3 is 1. The summed E-state index contributed by atoms with van der Waals surface area (Å²) in [6, 6.07) is 12.7. The number of sulfonamides is 1. The zero-order chi connectivity index (χ0) is 19.7. The van der Waals surface area contributed by atoms with Crippen LogP contribution in [0, 0.1) is 0 Å². The smallest absolute Gasteiger partial charge is 0.261 e. The van der Waals surface area contributed by atoms with Crippen LogP contribution in [0.25, 0.3) is 0 Å². The van der Waals surface area contributed by atoms with Crippen molar-refractivity contribution < 1.29 is 17.9 Å². The van der Waals surface area contributed by atoms with Gasteiger partial charge in [-0.1, -0.05) is 26.2 Å². The molecule has 146 valence electrons. The van der Waals surface area contributed by atoms with E-state index in [9.17, 15) is 13.2 Å². The molecule has 0 saturated heterocycles. The molecule has 27 heavy (non-hydrogen) atoms. The molecule has 0 saturated carbocycles. The van der Waals surface area contributed by atoms with Gasteiger partial charge < -0.3 is 10.1 Å². The molecule has 0 unspecified atom stereocenters. The zero-order valence-electron chi connectivity index (χ0n) is 15.7. The van der Waals surface area contributed by atoms with E-state index in [1.807, 2.05) is 0 Å². The lowest BCUT2D eigenvalue weighted by Gasteiger charge is -2.10. The lowest BCUT2D eigenvalue weighted by molar-refractivity contribution is -0.116. The molecule has 0 bridgehead atoms. The van der Waals surface area contributed by atoms with Crippen LogP contribution in [-0.4, -0.2) is 21.4 Å². The maximum Gasteiger partial charge on any atom is 0.261 e. The summed E-state index contributed by atoms with van der Waals surface area (Å²) in [5.41, 5.74) is 1.03. The quantitative estimate of drug-likeness (QED) is 0.589. The van der Waals surface area contributed by atoms with Crippen LogP contribution in [0.15, 0.2) is 53.4 Å². The third-order valence-corrected chi connectivity index (χ3v) is 5.45. The molecule has 0 heterocycles. The van der Waals surface area contributed by atoms with Crippen LogP contribution in [0.2, 0.25) is 0 Å². The van der Waals surface area contributed by atoms with Crippen LogP contribution >= 0.6 is 0 Å². The molecule has 0 atom stereocenters. The second-order valence-electron chi connectivity index (χ2n) is 6.22. The van der Waals surface area contributed by atoms with Crippen LogP contribution < -0.4 is 14.8 Å². The summed E-state index contributed by atoms with van der Waals surface area (Å²) in [5, 5.41) is 2.79. The number of nitrogens with one attached hydrogen (secondary N) is 2. The van der Waals surface area contributed by atoms with E-state index in [1.54, 1.807) is 43.5 Å². The lowest BCUT2D eigenvalue weighted by Crippen LogP contribution is -2.14. The number of hydrogen-bond acceptors (Lipinski definition) is 4. The minimum atomic E-state index is -3.70. The molecule has 7 heteroatoms. The summed E-state index contributed by atoms with van der Waals surface area (Å²) in [4.78, 5) is 12.0. The molecule has 2 N–H and O–H groups in total. The van der Waals surface area contributed by atoms with E-state index in [-0.39, 0.29) is 10.8 Å². The molecular formula is C20H26N2O4S. The number of carbonyl (C=O) groups is 1. The van der Waals surface area contributed by atoms with E-state index in [2.05, 4.69) is 17.0 Å². The first-order chi connectivity index (χ1) is 12.9. The van der Waals surface area contributed by atoms with Crippen LogP contribution in [0.4, 0.5) is 11.4 Å². The van der Waals surface area contributed by atoms with Gasteiger partial charge in [0, 0.05) is 17.8 Å². The van der Waals surface area contributed by atoms with Gasteiger partial charge in [-0.3, -0.25) is 9.52 Å². The largest absolute Gasteiger partial charge is 0.497 e. The Morgan fingerprint density at radius 3 is 2.15 bits per heavy atom. The fraction of sp³-hybridized carbons (Fsp3) is 0.350. The molecule has 0 spiro atoms. The topological polar surface area (TPSA) is 84.5 Å². The van der Waals surface area contributed by atoms with Crippen molar-refractivity contribution in [3.63, 3.8) is 0 Å². The SMILES string of the molecule is CCCCCCC(=O)Nc1ccc(S(=O)(=O)Nc2ccc(OC)cc2)cc1. The first kappa shape index (κ1) is 20.8. The van der Waals surface area contributed by atoms with E-state index in [4.69, 9.17) is 4.74 Å². The summed E-state index contributed by atoms with van der Waals surface area (Å²) < 4.78 is 32.5. The van der Waals surface area contributed by atoms with Gasteiger partial charge in [0.2, 0.25) is 5.91 Å². The molecule has 0 aliphatic heterocycles. The fourth-order valence-electron chi connectivity index (χ4n) is 2.53. The second kappa shape index (κ2) is 9.97. The van der Waals surface area contributed by atoms with Gasteiger partial charge in [0.1, 0.15) is 5.75 Å². The van der Waals surface area contributed by atoms with Crippen molar-refractivity contribution in [2.24, 2.45) is 0 Å². The summed E-state index contributed by atoms with van der Waals surface area (Å²) in [6.07, 6.45) is 4.62. The zero-order valence-corrected chi connectivity index (χ0v) is 16.5. The number of benzene rings is 2. The van der Waals surface area contributed by atoms with Crippen molar-refractivity contribution in [2.75, 3.05) is 17.1 Å². The number of anilines is 2. The van der Waals surface area contributed by atoms with E-state index in [0.717, 1.165) is 25.7 Å². The summed E-state index contributed by atoms with van der Waals surface area (Å²) in [5.74, 6) is 0.589. The highest BCUT2D eigenvalue weighted by molar-refractivity contribution is 7.92. The highest BCUT2D eigenvalue weighted by Crippen LogP contribution is 2.20. The molecule has 2 aromatic carbocycles. The Bertz CT molecular complexity index is 831. The van der Waals surface area contributed by atoms with Gasteiger partial charge in [-0.15, -0.1) is 0 Å². The van der Waals surface area contributed by atoms with Crippen molar-refractivity contribution in [3.05, 3.63) is 48.5 Å². The van der Waals surface area contributed by atoms with Gasteiger partial charge in [0.25, 0.3) is 10.0 Å². The Kier molecular flexibility index (Phi) is 7.67. The third kappa shape index (κ3) is 6.60. The molecular weight excluding hydrogens is 364 g/mol. The van der Waals surface area contributed by atoms with Crippen LogP contribution in [0.5, 0.6) is 5.75 Å². The van der Waals surface area contributed by atoms with E-state index < -0.39 is 10.0 Å². The third-order valence-electron chi connectivity index (χ3n) is 4.05. The predicted molar refractivity (Wildman–Crippen MR) is 108 cm³/mol. The molecule has 6 nitrogen and oxygen atoms in total. The van der Waals surface area contributed by atoms with Crippen molar-refractivity contribution in [2.45, 2.75) is 43.9 Å². The maximum absolute atomic E-state index is 12.5. The Hall–Kier alpha value is -2.54. The number of amides is 1. The standard InChI is InChI=1S/C20H26N2O4S/c1-3-4-5-6-7-20(23)21-16-10-14-19(15-11-16)27(24,25)22-17-8-12-18(26-2)13-9-17/h8-15,22H,3-7H2,1-2H3,(H,21,23). The number of hydrogen-bond donors (Lipinski definition) is 2. The maximum atomic E-state index is 12.5. The van der Waals surface area contributed by atoms with Crippen molar-refractivity contribution in [3.8, 4) is 5.75 Å². The Labute approximate surface area is 161 Å². The fourth-order valence-corrected chi connectivity index (χ4v) is 3.59. The average Bonchev–Trinajstić information content (AvgIpc) is 2.66. The summed E-state index contributed by atoms with van der Waals surface area (Å²) >= 11 is 0. The van der Waals surface area contributed by atoms with Gasteiger partial charge in [0.15, 0.2) is 0 Å².